The topological polar surface area (TPSA) is 190 Å². The summed E-state index contributed by atoms with van der Waals surface area (Å²) in [6, 6.07) is 0. The second-order valence-corrected chi connectivity index (χ2v) is 22.2. The third-order valence-electron chi connectivity index (χ3n) is 3.63. The first-order chi connectivity index (χ1) is 15.3. The first-order valence-corrected chi connectivity index (χ1v) is 16.7. The minimum atomic E-state index is -4.78. The molecular weight excluding hydrogens is 772 g/mol. The van der Waals surface area contributed by atoms with Gasteiger partial charge >= 0.3 is 189 Å². The molecule has 0 spiro atoms. The molecule has 186 valence electrons. The zero-order chi connectivity index (χ0) is 24.8. The monoisotopic (exact) mass is 786 g/mol. The summed E-state index contributed by atoms with van der Waals surface area (Å²) in [4.78, 5) is 62.4. The fraction of sp³-hybridized carbons (Fsp3) is 0.538. The molecule has 1 aromatic heterocycles. The van der Waals surface area contributed by atoms with E-state index in [-0.39, 0.29) is 20.5 Å². The van der Waals surface area contributed by atoms with Crippen molar-refractivity contribution in [1.29, 1.82) is 0 Å². The number of alkyl halides is 3. The zero-order valence-corrected chi connectivity index (χ0v) is 25.2. The molecule has 1 aromatic rings. The van der Waals surface area contributed by atoms with Crippen molar-refractivity contribution in [2.75, 3.05) is 6.61 Å². The Hall–Kier alpha value is 0.969. The Morgan fingerprint density at radius 1 is 1.33 bits per heavy atom. The Labute approximate surface area is 220 Å². The number of aromatic amines is 1. The molecule has 0 radical (unpaired) electrons. The van der Waals surface area contributed by atoms with E-state index in [0.717, 1.165) is 0 Å². The first-order valence-electron chi connectivity index (χ1n) is 8.48. The number of H-pyrrole nitrogens is 1. The van der Waals surface area contributed by atoms with Crippen LogP contribution in [0.3, 0.4) is 0 Å². The van der Waals surface area contributed by atoms with Crippen LogP contribution in [0, 0.1) is 11.8 Å². The van der Waals surface area contributed by atoms with Crippen molar-refractivity contribution in [1.82, 2.24) is 9.55 Å². The summed E-state index contributed by atoms with van der Waals surface area (Å²) in [5.74, 6) is 5.60. The summed E-state index contributed by atoms with van der Waals surface area (Å²) < 4.78 is 31.3. The van der Waals surface area contributed by atoms with Crippen LogP contribution in [0.15, 0.2) is 15.8 Å². The van der Waals surface area contributed by atoms with Gasteiger partial charge in [-0.25, -0.2) is 13.2 Å². The quantitative estimate of drug-likeness (QED) is 0.107. The molecule has 0 bridgehead atoms. The van der Waals surface area contributed by atoms with Crippen molar-refractivity contribution in [3.8, 4) is 11.8 Å². The molecular formula is C13H16Br3N2O11P3Se. The molecule has 2 unspecified atom stereocenters. The Morgan fingerprint density at radius 2 is 2.03 bits per heavy atom. The predicted octanol–water partition coefficient (Wildman–Crippen LogP) is 2.07. The van der Waals surface area contributed by atoms with Gasteiger partial charge < -0.3 is 19.6 Å². The van der Waals surface area contributed by atoms with Gasteiger partial charge in [0.1, 0.15) is 0 Å². The van der Waals surface area contributed by atoms with Crippen LogP contribution in [0.25, 0.3) is 0 Å². The molecule has 1 aliphatic rings. The third-order valence-corrected chi connectivity index (χ3v) is 11.5. The molecule has 1 saturated heterocycles. The fourth-order valence-electron chi connectivity index (χ4n) is 2.42. The number of hydrogen-bond acceptors (Lipinski definition) is 10. The molecule has 20 heteroatoms. The van der Waals surface area contributed by atoms with Crippen LogP contribution in [0.5, 0.6) is 0 Å². The molecule has 0 aliphatic carbocycles. The molecule has 4 atom stereocenters. The molecule has 2 heterocycles. The van der Waals surface area contributed by atoms with E-state index in [4.69, 9.17) is 19.0 Å². The van der Waals surface area contributed by atoms with E-state index in [0.29, 0.717) is 18.2 Å². The van der Waals surface area contributed by atoms with Gasteiger partial charge in [0.2, 0.25) is 0 Å². The molecule has 0 aromatic carbocycles. The van der Waals surface area contributed by atoms with E-state index in [9.17, 15) is 23.9 Å². The van der Waals surface area contributed by atoms with Gasteiger partial charge in [0.05, 0.1) is 0 Å². The van der Waals surface area contributed by atoms with E-state index < -0.39 is 56.3 Å². The second kappa shape index (κ2) is 13.5. The molecule has 0 saturated carbocycles. The molecule has 2 rings (SSSR count). The van der Waals surface area contributed by atoms with Crippen LogP contribution in [0.1, 0.15) is 24.6 Å². The Balaban J connectivity index is 1.99. The summed E-state index contributed by atoms with van der Waals surface area (Å²) in [5, 5.41) is 0.509. The summed E-state index contributed by atoms with van der Waals surface area (Å²) in [6.45, 7) is -0.430. The summed E-state index contributed by atoms with van der Waals surface area (Å²) in [7, 11) is -10.8. The Morgan fingerprint density at radius 3 is 2.67 bits per heavy atom. The van der Waals surface area contributed by atoms with Crippen LogP contribution in [0.4, 0.5) is 0 Å². The zero-order valence-electron chi connectivity index (χ0n) is 16.0. The van der Waals surface area contributed by atoms with Gasteiger partial charge in [0, 0.05) is 0 Å². The van der Waals surface area contributed by atoms with E-state index in [1.165, 1.54) is 10.8 Å². The van der Waals surface area contributed by atoms with Crippen LogP contribution in [-0.4, -0.2) is 57.8 Å². The summed E-state index contributed by atoms with van der Waals surface area (Å²) >= 11 is 10.1. The van der Waals surface area contributed by atoms with Crippen LogP contribution in [-0.2, 0) is 22.4 Å². The minimum absolute atomic E-state index is 0.0149. The van der Waals surface area contributed by atoms with Crippen molar-refractivity contribution in [3.05, 3.63) is 32.6 Å². The van der Waals surface area contributed by atoms with Crippen LogP contribution in [0.2, 0.25) is 5.32 Å². The number of nitrogens with one attached hydrogen (secondary N) is 1. The molecule has 1 fully saturated rings. The summed E-state index contributed by atoms with van der Waals surface area (Å²) in [6.07, 6.45) is 0.473. The third kappa shape index (κ3) is 11.3. The number of phosphoric ester groups is 1. The van der Waals surface area contributed by atoms with Gasteiger partial charge in [0.15, 0.2) is 0 Å². The maximum absolute atomic E-state index is 12.2. The SMILES string of the molecule is O=c1[nH]c(=O)n([C@H]2CC[C@@H](COP(=O)(O)OP(O)OP(O)O)O2)cc1C#CC[Se]C(Br)(Br)Br. The number of phosphoric acid groups is 1. The molecule has 13 nitrogen and oxygen atoms in total. The first kappa shape index (κ1) is 30.2. The van der Waals surface area contributed by atoms with Gasteiger partial charge in [-0.3, -0.25) is 0 Å². The van der Waals surface area contributed by atoms with Gasteiger partial charge in [-0.15, -0.1) is 0 Å². The van der Waals surface area contributed by atoms with E-state index in [2.05, 4.69) is 73.2 Å². The van der Waals surface area contributed by atoms with Crippen molar-refractivity contribution < 1.29 is 42.0 Å². The Bertz CT molecular complexity index is 1040. The molecule has 33 heavy (non-hydrogen) atoms. The number of aromatic nitrogens is 2. The normalized spacial score (nSPS) is 21.5. The Kier molecular flexibility index (Phi) is 12.3. The average Bonchev–Trinajstić information content (AvgIpc) is 3.12. The maximum atomic E-state index is 12.2. The second-order valence-electron chi connectivity index (χ2n) is 5.95. The average molecular weight is 788 g/mol. The predicted molar refractivity (Wildman–Crippen MR) is 130 cm³/mol. The number of rotatable bonds is 9. The van der Waals surface area contributed by atoms with Crippen molar-refractivity contribution >= 4 is 87.8 Å². The number of halogens is 3. The van der Waals surface area contributed by atoms with Gasteiger partial charge in [-0.05, 0) is 0 Å². The van der Waals surface area contributed by atoms with E-state index >= 15 is 0 Å². The number of hydrogen-bond donors (Lipinski definition) is 5. The van der Waals surface area contributed by atoms with Crippen molar-refractivity contribution in [2.24, 2.45) is 0 Å². The van der Waals surface area contributed by atoms with E-state index in [1.807, 2.05) is 0 Å². The van der Waals surface area contributed by atoms with Crippen LogP contribution >= 0.6 is 72.8 Å². The van der Waals surface area contributed by atoms with Gasteiger partial charge in [-0.1, -0.05) is 0 Å². The van der Waals surface area contributed by atoms with Crippen molar-refractivity contribution in [2.45, 2.75) is 31.5 Å². The van der Waals surface area contributed by atoms with Gasteiger partial charge in [-0.2, -0.15) is 0 Å². The van der Waals surface area contributed by atoms with E-state index in [1.54, 1.807) is 0 Å². The molecule has 0 amide bonds. The summed E-state index contributed by atoms with van der Waals surface area (Å²) in [5.41, 5.74) is -1.26. The fourth-order valence-corrected chi connectivity index (χ4v) is 6.99. The van der Waals surface area contributed by atoms with Gasteiger partial charge in [0.25, 0.3) is 0 Å². The number of nitrogens with zero attached hydrogens (tertiary/aromatic N) is 1. The molecule has 1 aliphatic heterocycles. The molecule has 5 N–H and O–H groups in total. The standard InChI is InChI=1S/C13H16Br3N2O11P3Se/c14-13(15,16)33-5-1-2-8-6-18(12(20)17-11(8)19)10-4-3-9(27-10)7-26-32(24,25)29-31(23)28-30(21)22/h6,9-10,21-23H,3-5,7H2,(H,24,25)(H,17,19,20)/t9-,10+,31?/m0/s1. The van der Waals surface area contributed by atoms with Crippen molar-refractivity contribution in [3.63, 3.8) is 0 Å². The van der Waals surface area contributed by atoms with Crippen LogP contribution < -0.4 is 11.2 Å². The number of ether oxygens (including phenoxy) is 1.